The lowest BCUT2D eigenvalue weighted by atomic mass is 10.0. The second kappa shape index (κ2) is 7.62. The fourth-order valence-electron chi connectivity index (χ4n) is 3.60. The average Bonchev–Trinajstić information content (AvgIpc) is 2.72. The van der Waals surface area contributed by atoms with Crippen LogP contribution in [0.2, 0.25) is 5.02 Å². The van der Waals surface area contributed by atoms with E-state index in [1.807, 2.05) is 36.5 Å². The Morgan fingerprint density at radius 2 is 1.81 bits per heavy atom. The summed E-state index contributed by atoms with van der Waals surface area (Å²) in [6, 6.07) is 14.3. The van der Waals surface area contributed by atoms with Crippen LogP contribution in [0.25, 0.3) is 10.8 Å². The highest BCUT2D eigenvalue weighted by Gasteiger charge is 2.23. The SMILES string of the molecule is COc1cc2ccnc(N3CCNC(c4ccc(Cl)cc4)C3)c2cc1OC. The lowest BCUT2D eigenvalue weighted by Crippen LogP contribution is -2.46. The van der Waals surface area contributed by atoms with Gasteiger partial charge in [-0.3, -0.25) is 0 Å². The maximum Gasteiger partial charge on any atom is 0.161 e. The Morgan fingerprint density at radius 3 is 2.56 bits per heavy atom. The number of methoxy groups -OCH3 is 2. The van der Waals surface area contributed by atoms with E-state index in [0.29, 0.717) is 5.75 Å². The molecule has 140 valence electrons. The van der Waals surface area contributed by atoms with Crippen LogP contribution in [-0.2, 0) is 0 Å². The van der Waals surface area contributed by atoms with Gasteiger partial charge in [-0.15, -0.1) is 0 Å². The first-order valence-corrected chi connectivity index (χ1v) is 9.32. The summed E-state index contributed by atoms with van der Waals surface area (Å²) in [6.07, 6.45) is 1.85. The molecule has 1 saturated heterocycles. The lowest BCUT2D eigenvalue weighted by molar-refractivity contribution is 0.356. The molecule has 5 nitrogen and oxygen atoms in total. The van der Waals surface area contributed by atoms with E-state index in [1.165, 1.54) is 5.56 Å². The highest BCUT2D eigenvalue weighted by Crippen LogP contribution is 2.36. The van der Waals surface area contributed by atoms with Gasteiger partial charge in [0, 0.05) is 42.3 Å². The molecule has 3 aromatic rings. The van der Waals surface area contributed by atoms with Gasteiger partial charge in [-0.25, -0.2) is 4.98 Å². The number of benzene rings is 2. The maximum atomic E-state index is 6.03. The predicted octanol–water partition coefficient (Wildman–Crippen LogP) is 4.06. The summed E-state index contributed by atoms with van der Waals surface area (Å²) in [5.41, 5.74) is 1.23. The molecule has 0 saturated carbocycles. The molecule has 1 aliphatic heterocycles. The van der Waals surface area contributed by atoms with Gasteiger partial charge in [0.2, 0.25) is 0 Å². The average molecular weight is 384 g/mol. The van der Waals surface area contributed by atoms with Crippen molar-refractivity contribution in [1.82, 2.24) is 10.3 Å². The molecule has 0 radical (unpaired) electrons. The van der Waals surface area contributed by atoms with Gasteiger partial charge in [-0.05, 0) is 41.3 Å². The molecule has 1 unspecified atom stereocenters. The van der Waals surface area contributed by atoms with Crippen molar-refractivity contribution >= 4 is 28.2 Å². The highest BCUT2D eigenvalue weighted by atomic mass is 35.5. The fraction of sp³-hybridized carbons (Fsp3) is 0.286. The number of pyridine rings is 1. The Hall–Kier alpha value is -2.50. The third-order valence-electron chi connectivity index (χ3n) is 4.99. The maximum absolute atomic E-state index is 6.03. The quantitative estimate of drug-likeness (QED) is 0.736. The zero-order chi connectivity index (χ0) is 18.8. The summed E-state index contributed by atoms with van der Waals surface area (Å²) in [6.45, 7) is 2.62. The van der Waals surface area contributed by atoms with Gasteiger partial charge in [0.15, 0.2) is 11.5 Å². The van der Waals surface area contributed by atoms with E-state index in [1.54, 1.807) is 14.2 Å². The van der Waals surface area contributed by atoms with E-state index in [-0.39, 0.29) is 6.04 Å². The molecule has 0 spiro atoms. The number of nitrogens with zero attached hydrogens (tertiary/aromatic N) is 2. The first kappa shape index (κ1) is 17.9. The molecule has 4 rings (SSSR count). The minimum absolute atomic E-state index is 0.230. The molecule has 1 aliphatic rings. The van der Waals surface area contributed by atoms with Crippen LogP contribution in [0.1, 0.15) is 11.6 Å². The van der Waals surface area contributed by atoms with Crippen LogP contribution in [0.15, 0.2) is 48.7 Å². The van der Waals surface area contributed by atoms with E-state index in [2.05, 4.69) is 27.3 Å². The molecule has 1 atom stereocenters. The van der Waals surface area contributed by atoms with Crippen molar-refractivity contribution in [1.29, 1.82) is 0 Å². The number of rotatable bonds is 4. The smallest absolute Gasteiger partial charge is 0.161 e. The summed E-state index contributed by atoms with van der Waals surface area (Å²) < 4.78 is 10.9. The number of nitrogens with one attached hydrogen (secondary N) is 1. The molecule has 6 heteroatoms. The van der Waals surface area contributed by atoms with Gasteiger partial charge in [0.05, 0.1) is 14.2 Å². The Labute approximate surface area is 163 Å². The van der Waals surface area contributed by atoms with Crippen molar-refractivity contribution < 1.29 is 9.47 Å². The number of piperazine rings is 1. The van der Waals surface area contributed by atoms with Crippen molar-refractivity contribution in [3.8, 4) is 11.5 Å². The Balaban J connectivity index is 1.69. The van der Waals surface area contributed by atoms with Crippen molar-refractivity contribution in [2.24, 2.45) is 0 Å². The van der Waals surface area contributed by atoms with Crippen LogP contribution < -0.4 is 19.7 Å². The monoisotopic (exact) mass is 383 g/mol. The molecule has 0 amide bonds. The van der Waals surface area contributed by atoms with Gasteiger partial charge in [0.1, 0.15) is 5.82 Å². The number of anilines is 1. The standard InChI is InChI=1S/C21H22ClN3O2/c1-26-19-11-15-7-8-24-21(17(15)12-20(19)27-2)25-10-9-23-18(13-25)14-3-5-16(22)6-4-14/h3-8,11-12,18,23H,9-10,13H2,1-2H3. The minimum atomic E-state index is 0.230. The number of halogens is 1. The van der Waals surface area contributed by atoms with Gasteiger partial charge < -0.3 is 19.7 Å². The number of aromatic nitrogens is 1. The highest BCUT2D eigenvalue weighted by molar-refractivity contribution is 6.30. The Morgan fingerprint density at radius 1 is 1.07 bits per heavy atom. The van der Waals surface area contributed by atoms with Crippen molar-refractivity contribution in [2.45, 2.75) is 6.04 Å². The van der Waals surface area contributed by atoms with E-state index in [4.69, 9.17) is 21.1 Å². The van der Waals surface area contributed by atoms with Crippen LogP contribution in [0.3, 0.4) is 0 Å². The van der Waals surface area contributed by atoms with E-state index >= 15 is 0 Å². The third-order valence-corrected chi connectivity index (χ3v) is 5.25. The van der Waals surface area contributed by atoms with Gasteiger partial charge >= 0.3 is 0 Å². The van der Waals surface area contributed by atoms with Crippen LogP contribution in [-0.4, -0.2) is 38.8 Å². The number of ether oxygens (including phenoxy) is 2. The van der Waals surface area contributed by atoms with Gasteiger partial charge in [0.25, 0.3) is 0 Å². The number of hydrogen-bond acceptors (Lipinski definition) is 5. The first-order valence-electron chi connectivity index (χ1n) is 8.94. The number of fused-ring (bicyclic) bond motifs is 1. The van der Waals surface area contributed by atoms with E-state index in [9.17, 15) is 0 Å². The molecular formula is C21H22ClN3O2. The first-order chi connectivity index (χ1) is 13.2. The summed E-state index contributed by atoms with van der Waals surface area (Å²) in [7, 11) is 3.31. The molecule has 2 aromatic carbocycles. The Bertz CT molecular complexity index is 946. The molecule has 2 heterocycles. The van der Waals surface area contributed by atoms with Crippen LogP contribution in [0, 0.1) is 0 Å². The molecular weight excluding hydrogens is 362 g/mol. The summed E-state index contributed by atoms with van der Waals surface area (Å²) in [5, 5.41) is 6.48. The predicted molar refractivity (Wildman–Crippen MR) is 109 cm³/mol. The van der Waals surface area contributed by atoms with Gasteiger partial charge in [-0.2, -0.15) is 0 Å². The van der Waals surface area contributed by atoms with Crippen LogP contribution in [0.5, 0.6) is 11.5 Å². The fourth-order valence-corrected chi connectivity index (χ4v) is 3.72. The second-order valence-corrected chi connectivity index (χ2v) is 7.00. The minimum Gasteiger partial charge on any atom is -0.493 e. The van der Waals surface area contributed by atoms with Gasteiger partial charge in [-0.1, -0.05) is 23.7 Å². The lowest BCUT2D eigenvalue weighted by Gasteiger charge is -2.35. The molecule has 1 aromatic heterocycles. The van der Waals surface area contributed by atoms with Crippen molar-refractivity contribution in [2.75, 3.05) is 38.8 Å². The van der Waals surface area contributed by atoms with Crippen molar-refractivity contribution in [3.63, 3.8) is 0 Å². The number of hydrogen-bond donors (Lipinski definition) is 1. The van der Waals surface area contributed by atoms with E-state index in [0.717, 1.165) is 47.0 Å². The normalized spacial score (nSPS) is 17.1. The molecule has 0 aliphatic carbocycles. The molecule has 0 bridgehead atoms. The summed E-state index contributed by atoms with van der Waals surface area (Å²) >= 11 is 6.03. The van der Waals surface area contributed by atoms with Crippen LogP contribution in [0.4, 0.5) is 5.82 Å². The molecule has 1 fully saturated rings. The molecule has 1 N–H and O–H groups in total. The van der Waals surface area contributed by atoms with Crippen molar-refractivity contribution in [3.05, 3.63) is 59.2 Å². The second-order valence-electron chi connectivity index (χ2n) is 6.57. The van der Waals surface area contributed by atoms with E-state index < -0.39 is 0 Å². The summed E-state index contributed by atoms with van der Waals surface area (Å²) in [4.78, 5) is 7.01. The topological polar surface area (TPSA) is 46.6 Å². The zero-order valence-corrected chi connectivity index (χ0v) is 16.2. The zero-order valence-electron chi connectivity index (χ0n) is 15.4. The third kappa shape index (κ3) is 3.53. The Kier molecular flexibility index (Phi) is 5.05. The largest absolute Gasteiger partial charge is 0.493 e. The molecule has 27 heavy (non-hydrogen) atoms. The summed E-state index contributed by atoms with van der Waals surface area (Å²) in [5.74, 6) is 2.40. The van der Waals surface area contributed by atoms with Crippen LogP contribution >= 0.6 is 11.6 Å².